The van der Waals surface area contributed by atoms with Gasteiger partial charge in [0.2, 0.25) is 5.91 Å². The van der Waals surface area contributed by atoms with E-state index in [1.807, 2.05) is 6.07 Å². The number of halogens is 3. The molecule has 1 heterocycles. The van der Waals surface area contributed by atoms with Gasteiger partial charge in [-0.1, -0.05) is 50.2 Å². The van der Waals surface area contributed by atoms with E-state index in [9.17, 15) is 22.8 Å². The molecule has 0 bridgehead atoms. The summed E-state index contributed by atoms with van der Waals surface area (Å²) in [5, 5.41) is 2.83. The standard InChI is InChI=1S/C22H23F3N2O2S/c1-21(2,16-9-6-10-17(11-16)22(23,24)25)13-26-19(28)18-12-30-14-27(18)20(29)15-7-4-3-5-8-15/h3-11,18H,12-14H2,1-2H3,(H,26,28). The fraction of sp³-hybridized carbons (Fsp3) is 0.364. The second kappa shape index (κ2) is 8.71. The van der Waals surface area contributed by atoms with E-state index in [4.69, 9.17) is 0 Å². The number of carbonyl (C=O) groups excluding carboxylic acids is 2. The van der Waals surface area contributed by atoms with Crippen molar-refractivity contribution >= 4 is 23.6 Å². The van der Waals surface area contributed by atoms with E-state index in [1.54, 1.807) is 44.2 Å². The molecule has 1 saturated heterocycles. The predicted octanol–water partition coefficient (Wildman–Crippen LogP) is 4.31. The van der Waals surface area contributed by atoms with Crippen LogP contribution in [0, 0.1) is 0 Å². The van der Waals surface area contributed by atoms with Gasteiger partial charge in [0.05, 0.1) is 11.4 Å². The Kier molecular flexibility index (Phi) is 6.45. The van der Waals surface area contributed by atoms with Gasteiger partial charge in [0.25, 0.3) is 5.91 Å². The van der Waals surface area contributed by atoms with Crippen LogP contribution < -0.4 is 5.32 Å². The Labute approximate surface area is 177 Å². The van der Waals surface area contributed by atoms with Crippen molar-refractivity contribution in [2.24, 2.45) is 0 Å². The van der Waals surface area contributed by atoms with Crippen LogP contribution >= 0.6 is 11.8 Å². The van der Waals surface area contributed by atoms with Crippen LogP contribution in [-0.2, 0) is 16.4 Å². The highest BCUT2D eigenvalue weighted by molar-refractivity contribution is 7.99. The molecule has 30 heavy (non-hydrogen) atoms. The van der Waals surface area contributed by atoms with E-state index >= 15 is 0 Å². The fourth-order valence-electron chi connectivity index (χ4n) is 3.25. The minimum absolute atomic E-state index is 0.154. The summed E-state index contributed by atoms with van der Waals surface area (Å²) in [6.07, 6.45) is -4.42. The molecule has 4 nitrogen and oxygen atoms in total. The first-order chi connectivity index (χ1) is 14.1. The maximum absolute atomic E-state index is 13.0. The van der Waals surface area contributed by atoms with Crippen molar-refractivity contribution in [2.45, 2.75) is 31.5 Å². The molecule has 0 aromatic heterocycles. The molecule has 0 radical (unpaired) electrons. The number of thioether (sulfide) groups is 1. The summed E-state index contributed by atoms with van der Waals surface area (Å²) in [5.41, 5.74) is -0.430. The van der Waals surface area contributed by atoms with Gasteiger partial charge in [-0.05, 0) is 23.8 Å². The normalized spacial score (nSPS) is 17.1. The van der Waals surface area contributed by atoms with Crippen LogP contribution in [0.25, 0.3) is 0 Å². The van der Waals surface area contributed by atoms with Crippen LogP contribution in [0.2, 0.25) is 0 Å². The first-order valence-electron chi connectivity index (χ1n) is 9.49. The molecule has 1 aliphatic heterocycles. The maximum Gasteiger partial charge on any atom is 0.416 e. The molecule has 1 atom stereocenters. The summed E-state index contributed by atoms with van der Waals surface area (Å²) in [6.45, 7) is 3.71. The lowest BCUT2D eigenvalue weighted by Crippen LogP contribution is -2.49. The molecule has 2 aromatic carbocycles. The molecule has 0 aliphatic carbocycles. The van der Waals surface area contributed by atoms with Crippen LogP contribution in [0.5, 0.6) is 0 Å². The SMILES string of the molecule is CC(C)(CNC(=O)C1CSCN1C(=O)c1ccccc1)c1cccc(C(F)(F)F)c1. The van der Waals surface area contributed by atoms with Crippen molar-refractivity contribution in [1.29, 1.82) is 0 Å². The van der Waals surface area contributed by atoms with Crippen LogP contribution in [0.1, 0.15) is 35.3 Å². The smallest absolute Gasteiger partial charge is 0.353 e. The zero-order chi connectivity index (χ0) is 21.9. The van der Waals surface area contributed by atoms with Crippen molar-refractivity contribution in [3.8, 4) is 0 Å². The molecule has 160 valence electrons. The molecule has 8 heteroatoms. The quantitative estimate of drug-likeness (QED) is 0.760. The van der Waals surface area contributed by atoms with E-state index in [0.717, 1.165) is 12.1 Å². The third-order valence-electron chi connectivity index (χ3n) is 5.14. The van der Waals surface area contributed by atoms with Crippen LogP contribution in [0.15, 0.2) is 54.6 Å². The highest BCUT2D eigenvalue weighted by atomic mass is 32.2. The monoisotopic (exact) mass is 436 g/mol. The van der Waals surface area contributed by atoms with E-state index in [2.05, 4.69) is 5.32 Å². The van der Waals surface area contributed by atoms with Crippen molar-refractivity contribution in [1.82, 2.24) is 10.2 Å². The van der Waals surface area contributed by atoms with Gasteiger partial charge in [-0.15, -0.1) is 11.8 Å². The van der Waals surface area contributed by atoms with Crippen molar-refractivity contribution in [2.75, 3.05) is 18.2 Å². The van der Waals surface area contributed by atoms with Crippen LogP contribution in [-0.4, -0.2) is 40.9 Å². The van der Waals surface area contributed by atoms with Gasteiger partial charge in [0.1, 0.15) is 6.04 Å². The Morgan fingerprint density at radius 2 is 1.73 bits per heavy atom. The molecule has 1 unspecified atom stereocenters. The van der Waals surface area contributed by atoms with E-state index in [1.165, 1.54) is 22.7 Å². The molecule has 0 saturated carbocycles. The van der Waals surface area contributed by atoms with Gasteiger partial charge in [-0.25, -0.2) is 0 Å². The number of hydrogen-bond donors (Lipinski definition) is 1. The van der Waals surface area contributed by atoms with Gasteiger partial charge < -0.3 is 10.2 Å². The maximum atomic E-state index is 13.0. The number of benzene rings is 2. The van der Waals surface area contributed by atoms with Gasteiger partial charge >= 0.3 is 6.18 Å². The van der Waals surface area contributed by atoms with Gasteiger partial charge in [-0.3, -0.25) is 9.59 Å². The molecule has 2 aromatic rings. The molecule has 1 aliphatic rings. The second-order valence-electron chi connectivity index (χ2n) is 7.84. The Hall–Kier alpha value is -2.48. The Bertz CT molecular complexity index is 916. The number of amides is 2. The molecule has 3 rings (SSSR count). The summed E-state index contributed by atoms with van der Waals surface area (Å²) in [6, 6.07) is 13.3. The number of alkyl halides is 3. The number of carbonyl (C=O) groups is 2. The van der Waals surface area contributed by atoms with Gasteiger partial charge in [0, 0.05) is 23.3 Å². The molecule has 1 N–H and O–H groups in total. The molecule has 1 fully saturated rings. The molecule has 2 amide bonds. The lowest BCUT2D eigenvalue weighted by atomic mass is 9.83. The van der Waals surface area contributed by atoms with Crippen molar-refractivity contribution < 1.29 is 22.8 Å². The minimum Gasteiger partial charge on any atom is -0.353 e. The fourth-order valence-corrected chi connectivity index (χ4v) is 4.40. The summed E-state index contributed by atoms with van der Waals surface area (Å²) in [5.74, 6) is 0.388. The van der Waals surface area contributed by atoms with Crippen molar-refractivity contribution in [3.05, 3.63) is 71.3 Å². The van der Waals surface area contributed by atoms with Crippen molar-refractivity contribution in [3.63, 3.8) is 0 Å². The summed E-state index contributed by atoms with van der Waals surface area (Å²) in [7, 11) is 0. The highest BCUT2D eigenvalue weighted by Crippen LogP contribution is 2.32. The zero-order valence-corrected chi connectivity index (χ0v) is 17.5. The highest BCUT2D eigenvalue weighted by Gasteiger charge is 2.36. The number of hydrogen-bond acceptors (Lipinski definition) is 3. The minimum atomic E-state index is -4.42. The predicted molar refractivity (Wildman–Crippen MR) is 111 cm³/mol. The first kappa shape index (κ1) is 22.2. The lowest BCUT2D eigenvalue weighted by Gasteiger charge is -2.29. The molecular weight excluding hydrogens is 413 g/mol. The van der Waals surface area contributed by atoms with E-state index in [0.29, 0.717) is 22.8 Å². The van der Waals surface area contributed by atoms with E-state index < -0.39 is 23.2 Å². The first-order valence-corrected chi connectivity index (χ1v) is 10.6. The number of nitrogens with one attached hydrogen (secondary N) is 1. The zero-order valence-electron chi connectivity index (χ0n) is 16.7. The third kappa shape index (κ3) is 4.98. The molecule has 0 spiro atoms. The van der Waals surface area contributed by atoms with Crippen LogP contribution in [0.3, 0.4) is 0 Å². The average Bonchev–Trinajstić information content (AvgIpc) is 3.21. The molecular formula is C22H23F3N2O2S. The Morgan fingerprint density at radius 3 is 2.40 bits per heavy atom. The Balaban J connectivity index is 1.67. The average molecular weight is 436 g/mol. The summed E-state index contributed by atoms with van der Waals surface area (Å²) >= 11 is 1.50. The van der Waals surface area contributed by atoms with Gasteiger partial charge in [-0.2, -0.15) is 13.2 Å². The van der Waals surface area contributed by atoms with Crippen LogP contribution in [0.4, 0.5) is 13.2 Å². The second-order valence-corrected chi connectivity index (χ2v) is 8.84. The topological polar surface area (TPSA) is 49.4 Å². The largest absolute Gasteiger partial charge is 0.416 e. The van der Waals surface area contributed by atoms with E-state index in [-0.39, 0.29) is 18.4 Å². The lowest BCUT2D eigenvalue weighted by molar-refractivity contribution is -0.137. The summed E-state index contributed by atoms with van der Waals surface area (Å²) < 4.78 is 39.1. The Morgan fingerprint density at radius 1 is 1.07 bits per heavy atom. The van der Waals surface area contributed by atoms with Gasteiger partial charge in [0.15, 0.2) is 0 Å². The third-order valence-corrected chi connectivity index (χ3v) is 6.15. The number of nitrogens with zero attached hydrogens (tertiary/aromatic N) is 1. The number of rotatable bonds is 5. The summed E-state index contributed by atoms with van der Waals surface area (Å²) in [4.78, 5) is 27.1.